The summed E-state index contributed by atoms with van der Waals surface area (Å²) in [5.74, 6) is 1.05. The Morgan fingerprint density at radius 2 is 1.50 bits per heavy atom. The second-order valence-electron chi connectivity index (χ2n) is 9.08. The van der Waals surface area contributed by atoms with Gasteiger partial charge >= 0.3 is 0 Å². The zero-order valence-electron chi connectivity index (χ0n) is 21.1. The van der Waals surface area contributed by atoms with Gasteiger partial charge < -0.3 is 15.1 Å². The fourth-order valence-corrected chi connectivity index (χ4v) is 4.00. The van der Waals surface area contributed by atoms with Crippen LogP contribution in [0, 0.1) is 0 Å². The van der Waals surface area contributed by atoms with Crippen molar-refractivity contribution in [3.05, 3.63) is 109 Å². The molecule has 2 N–H and O–H groups in total. The molecule has 1 aromatic heterocycles. The third-order valence-electron chi connectivity index (χ3n) is 6.05. The van der Waals surface area contributed by atoms with Gasteiger partial charge in [-0.25, -0.2) is 0 Å². The molecule has 5 heteroatoms. The molecular weight excluding hydrogens is 444 g/mol. The predicted octanol–water partition coefficient (Wildman–Crippen LogP) is 7.88. The van der Waals surface area contributed by atoms with Crippen molar-refractivity contribution in [1.29, 1.82) is 0 Å². The fourth-order valence-electron chi connectivity index (χ4n) is 4.00. The van der Waals surface area contributed by atoms with Crippen LogP contribution in [-0.2, 0) is 0 Å². The van der Waals surface area contributed by atoms with Gasteiger partial charge in [0.05, 0.1) is 6.04 Å². The topological polar surface area (TPSA) is 63.0 Å². The zero-order chi connectivity index (χ0) is 25.3. The Hall–Kier alpha value is -4.12. The van der Waals surface area contributed by atoms with E-state index in [1.54, 1.807) is 0 Å². The summed E-state index contributed by atoms with van der Waals surface area (Å²) in [7, 11) is 0. The van der Waals surface area contributed by atoms with Crippen LogP contribution in [0.2, 0.25) is 0 Å². The molecule has 0 aliphatic heterocycles. The molecule has 0 aliphatic rings. The van der Waals surface area contributed by atoms with E-state index in [-0.39, 0.29) is 6.04 Å². The summed E-state index contributed by atoms with van der Waals surface area (Å²) in [6.45, 7) is 13.2. The molecule has 1 heterocycles. The predicted molar refractivity (Wildman–Crippen MR) is 149 cm³/mol. The highest BCUT2D eigenvalue weighted by atomic mass is 16.4. The van der Waals surface area contributed by atoms with E-state index in [4.69, 9.17) is 4.42 Å². The first kappa shape index (κ1) is 25.0. The maximum atomic E-state index is 5.91. The summed E-state index contributed by atoms with van der Waals surface area (Å²) < 4.78 is 5.91. The maximum Gasteiger partial charge on any atom is 0.248 e. The van der Waals surface area contributed by atoms with Crippen molar-refractivity contribution in [2.45, 2.75) is 39.2 Å². The Morgan fingerprint density at radius 1 is 0.861 bits per heavy atom. The molecule has 0 spiro atoms. The molecular formula is C31H34N4O. The summed E-state index contributed by atoms with van der Waals surface area (Å²) in [5.41, 5.74) is 7.31. The Bertz CT molecular complexity index is 1270. The number of nitrogens with one attached hydrogen (secondary N) is 2. The first-order valence-corrected chi connectivity index (χ1v) is 12.5. The monoisotopic (exact) mass is 478 g/mol. The van der Waals surface area contributed by atoms with Crippen LogP contribution in [0.1, 0.15) is 50.3 Å². The average Bonchev–Trinajstić information content (AvgIpc) is 3.40. The van der Waals surface area contributed by atoms with Gasteiger partial charge in [0, 0.05) is 29.1 Å². The van der Waals surface area contributed by atoms with Gasteiger partial charge in [-0.3, -0.25) is 0 Å². The number of hydrogen-bond acceptors (Lipinski definition) is 5. The van der Waals surface area contributed by atoms with Crippen LogP contribution in [0.25, 0.3) is 28.6 Å². The van der Waals surface area contributed by atoms with Gasteiger partial charge in [0.2, 0.25) is 11.8 Å². The van der Waals surface area contributed by atoms with E-state index in [0.717, 1.165) is 53.9 Å². The molecule has 36 heavy (non-hydrogen) atoms. The molecule has 0 fully saturated rings. The van der Waals surface area contributed by atoms with Crippen molar-refractivity contribution < 1.29 is 4.42 Å². The highest BCUT2D eigenvalue weighted by Gasteiger charge is 2.14. The van der Waals surface area contributed by atoms with Crippen molar-refractivity contribution in [2.75, 3.05) is 11.9 Å². The molecule has 0 amide bonds. The maximum absolute atomic E-state index is 5.91. The van der Waals surface area contributed by atoms with Gasteiger partial charge in [0.1, 0.15) is 0 Å². The van der Waals surface area contributed by atoms with E-state index in [0.29, 0.717) is 11.8 Å². The first-order chi connectivity index (χ1) is 17.5. The van der Waals surface area contributed by atoms with Gasteiger partial charge in [0.15, 0.2) is 0 Å². The first-order valence-electron chi connectivity index (χ1n) is 12.5. The Kier molecular flexibility index (Phi) is 8.35. The van der Waals surface area contributed by atoms with Crippen LogP contribution < -0.4 is 10.6 Å². The molecule has 0 saturated heterocycles. The van der Waals surface area contributed by atoms with Gasteiger partial charge in [-0.1, -0.05) is 68.0 Å². The summed E-state index contributed by atoms with van der Waals surface area (Å²) in [6.07, 6.45) is 3.04. The number of benzene rings is 3. The van der Waals surface area contributed by atoms with Crippen LogP contribution >= 0.6 is 0 Å². The van der Waals surface area contributed by atoms with Crippen molar-refractivity contribution in [3.63, 3.8) is 0 Å². The van der Waals surface area contributed by atoms with E-state index < -0.39 is 0 Å². The van der Waals surface area contributed by atoms with Crippen LogP contribution in [0.15, 0.2) is 102 Å². The molecule has 4 aromatic rings. The van der Waals surface area contributed by atoms with Gasteiger partial charge in [-0.05, 0) is 67.3 Å². The molecule has 0 aliphatic carbocycles. The number of nitrogens with zero attached hydrogens (tertiary/aromatic N) is 2. The summed E-state index contributed by atoms with van der Waals surface area (Å²) >= 11 is 0. The smallest absolute Gasteiger partial charge is 0.248 e. The van der Waals surface area contributed by atoms with E-state index in [2.05, 4.69) is 77.3 Å². The van der Waals surface area contributed by atoms with Crippen LogP contribution in [0.4, 0.5) is 5.69 Å². The quantitative estimate of drug-likeness (QED) is 0.203. The molecule has 0 saturated carbocycles. The molecule has 0 bridgehead atoms. The second kappa shape index (κ2) is 12.0. The number of aromatic nitrogens is 2. The van der Waals surface area contributed by atoms with Crippen LogP contribution in [-0.4, -0.2) is 16.7 Å². The molecule has 1 unspecified atom stereocenters. The Morgan fingerprint density at radius 3 is 2.11 bits per heavy atom. The number of hydrogen-bond donors (Lipinski definition) is 2. The number of anilines is 1. The Balaban J connectivity index is 1.42. The van der Waals surface area contributed by atoms with Crippen LogP contribution in [0.5, 0.6) is 0 Å². The SMILES string of the molecule is C=C(C)CCNC(=C)c1ccc(NC(CCC)c2ccc(-c3nnc(-c4ccccc4)o3)cc2)cc1. The van der Waals surface area contributed by atoms with E-state index in [9.17, 15) is 0 Å². The summed E-state index contributed by atoms with van der Waals surface area (Å²) in [6, 6.07) is 26.8. The molecule has 3 aromatic carbocycles. The van der Waals surface area contributed by atoms with Crippen molar-refractivity contribution >= 4 is 11.4 Å². The largest absolute Gasteiger partial charge is 0.416 e. The standard InChI is InChI=1S/C31H34N4O/c1-5-9-29(33-28-18-16-24(17-19-28)23(4)32-21-20-22(2)3)25-12-14-27(15-13-25)31-35-34-30(36-31)26-10-7-6-8-11-26/h6-8,10-19,29,32-33H,2,4-5,9,20-21H2,1,3H3. The average molecular weight is 479 g/mol. The molecule has 5 nitrogen and oxygen atoms in total. The summed E-state index contributed by atoms with van der Waals surface area (Å²) in [4.78, 5) is 0. The highest BCUT2D eigenvalue weighted by Crippen LogP contribution is 2.28. The molecule has 184 valence electrons. The lowest BCUT2D eigenvalue weighted by molar-refractivity contribution is 0.584. The third-order valence-corrected chi connectivity index (χ3v) is 6.05. The van der Waals surface area contributed by atoms with E-state index >= 15 is 0 Å². The second-order valence-corrected chi connectivity index (χ2v) is 9.08. The molecule has 4 rings (SSSR count). The van der Waals surface area contributed by atoms with Gasteiger partial charge in [0.25, 0.3) is 0 Å². The lowest BCUT2D eigenvalue weighted by Gasteiger charge is -2.20. The van der Waals surface area contributed by atoms with Gasteiger partial charge in [-0.15, -0.1) is 16.8 Å². The fraction of sp³-hybridized carbons (Fsp3) is 0.226. The van der Waals surface area contributed by atoms with Crippen LogP contribution in [0.3, 0.4) is 0 Å². The lowest BCUT2D eigenvalue weighted by Crippen LogP contribution is -2.13. The Labute approximate surface area is 214 Å². The van der Waals surface area contributed by atoms with Crippen molar-refractivity contribution in [3.8, 4) is 22.9 Å². The number of rotatable bonds is 12. The minimum absolute atomic E-state index is 0.203. The van der Waals surface area contributed by atoms with Crippen molar-refractivity contribution in [2.24, 2.45) is 0 Å². The van der Waals surface area contributed by atoms with E-state index in [1.165, 1.54) is 11.1 Å². The van der Waals surface area contributed by atoms with E-state index in [1.807, 2.05) is 49.4 Å². The zero-order valence-corrected chi connectivity index (χ0v) is 21.1. The lowest BCUT2D eigenvalue weighted by atomic mass is 10.00. The third kappa shape index (κ3) is 6.51. The normalized spacial score (nSPS) is 11.6. The minimum Gasteiger partial charge on any atom is -0.416 e. The van der Waals surface area contributed by atoms with Gasteiger partial charge in [-0.2, -0.15) is 0 Å². The molecule has 0 radical (unpaired) electrons. The minimum atomic E-state index is 0.203. The van der Waals surface area contributed by atoms with Crippen molar-refractivity contribution in [1.82, 2.24) is 15.5 Å². The molecule has 1 atom stereocenters. The highest BCUT2D eigenvalue weighted by molar-refractivity contribution is 5.64. The summed E-state index contributed by atoms with van der Waals surface area (Å²) in [5, 5.41) is 15.5.